The molecule has 0 saturated carbocycles. The average Bonchev–Trinajstić information content (AvgIpc) is 2.98. The van der Waals surface area contributed by atoms with E-state index in [4.69, 9.17) is 0 Å². The molecule has 18 heavy (non-hydrogen) atoms. The van der Waals surface area contributed by atoms with E-state index >= 15 is 0 Å². The maximum Gasteiger partial charge on any atom is 0.0525 e. The summed E-state index contributed by atoms with van der Waals surface area (Å²) in [5, 5.41) is 12.0. The highest BCUT2D eigenvalue weighted by atomic mass is 15.3. The fourth-order valence-corrected chi connectivity index (χ4v) is 1.94. The second-order valence-electron chi connectivity index (χ2n) is 4.57. The zero-order valence-corrected chi connectivity index (χ0v) is 11.3. The number of hydrogen-bond acceptors (Lipinski definition) is 3. The molecule has 5 heteroatoms. The van der Waals surface area contributed by atoms with E-state index in [9.17, 15) is 0 Å². The lowest BCUT2D eigenvalue weighted by Crippen LogP contribution is -2.19. The molecule has 2 heterocycles. The summed E-state index contributed by atoms with van der Waals surface area (Å²) < 4.78 is 3.98. The molecule has 2 aromatic heterocycles. The topological polar surface area (TPSA) is 47.7 Å². The van der Waals surface area contributed by atoms with Gasteiger partial charge in [-0.05, 0) is 25.5 Å². The number of nitrogens with one attached hydrogen (secondary N) is 1. The highest BCUT2D eigenvalue weighted by Gasteiger charge is 2.08. The van der Waals surface area contributed by atoms with Crippen molar-refractivity contribution in [2.75, 3.05) is 0 Å². The third-order valence-corrected chi connectivity index (χ3v) is 3.30. The van der Waals surface area contributed by atoms with Crippen LogP contribution in [-0.2, 0) is 20.1 Å². The molecule has 5 nitrogen and oxygen atoms in total. The predicted molar refractivity (Wildman–Crippen MR) is 71.0 cm³/mol. The number of hydrogen-bond donors (Lipinski definition) is 1. The fraction of sp³-hybridized carbons (Fsp3) is 0.538. The Morgan fingerprint density at radius 1 is 1.17 bits per heavy atom. The van der Waals surface area contributed by atoms with Crippen LogP contribution in [0.5, 0.6) is 0 Å². The molecule has 0 aliphatic carbocycles. The summed E-state index contributed by atoms with van der Waals surface area (Å²) in [7, 11) is 1.96. The monoisotopic (exact) mass is 247 g/mol. The molecule has 1 N–H and O–H groups in total. The molecule has 1 atom stereocenters. The molecule has 0 bridgehead atoms. The first kappa shape index (κ1) is 12.8. The van der Waals surface area contributed by atoms with E-state index in [-0.39, 0.29) is 0 Å². The lowest BCUT2D eigenvalue weighted by atomic mass is 10.2. The van der Waals surface area contributed by atoms with Crippen molar-refractivity contribution in [3.8, 4) is 0 Å². The third-order valence-electron chi connectivity index (χ3n) is 3.30. The van der Waals surface area contributed by atoms with Crippen molar-refractivity contribution in [2.45, 2.75) is 39.4 Å². The Balaban J connectivity index is 1.91. The van der Waals surface area contributed by atoms with Crippen molar-refractivity contribution in [3.63, 3.8) is 0 Å². The lowest BCUT2D eigenvalue weighted by molar-refractivity contribution is 0.450. The van der Waals surface area contributed by atoms with Gasteiger partial charge in [0.25, 0.3) is 0 Å². The van der Waals surface area contributed by atoms with Crippen LogP contribution < -0.4 is 5.32 Å². The first-order chi connectivity index (χ1) is 8.72. The number of aryl methyl sites for hydroxylation is 1. The molecule has 0 spiro atoms. The highest BCUT2D eigenvalue weighted by Crippen LogP contribution is 2.12. The van der Waals surface area contributed by atoms with Gasteiger partial charge in [-0.2, -0.15) is 10.2 Å². The molecular formula is C13H21N5. The Morgan fingerprint density at radius 3 is 2.50 bits per heavy atom. The van der Waals surface area contributed by atoms with Gasteiger partial charge in [0.05, 0.1) is 11.4 Å². The van der Waals surface area contributed by atoms with Gasteiger partial charge in [-0.3, -0.25) is 9.36 Å². The Morgan fingerprint density at radius 2 is 1.83 bits per heavy atom. The molecule has 98 valence electrons. The van der Waals surface area contributed by atoms with Crippen LogP contribution in [0.1, 0.15) is 37.7 Å². The summed E-state index contributed by atoms with van der Waals surface area (Å²) in [6.07, 6.45) is 4.78. The molecule has 0 radical (unpaired) electrons. The van der Waals surface area contributed by atoms with E-state index in [0.717, 1.165) is 19.5 Å². The van der Waals surface area contributed by atoms with Crippen molar-refractivity contribution in [2.24, 2.45) is 7.05 Å². The number of rotatable bonds is 6. The summed E-state index contributed by atoms with van der Waals surface area (Å²) in [6.45, 7) is 6.02. The second-order valence-corrected chi connectivity index (χ2v) is 4.57. The van der Waals surface area contributed by atoms with E-state index in [1.54, 1.807) is 0 Å². The van der Waals surface area contributed by atoms with Crippen LogP contribution in [0.2, 0.25) is 0 Å². The quantitative estimate of drug-likeness (QED) is 0.848. The summed E-state index contributed by atoms with van der Waals surface area (Å²) in [6, 6.07) is 4.55. The minimum atomic E-state index is 0.452. The largest absolute Gasteiger partial charge is 0.306 e. The Bertz CT molecular complexity index is 485. The Kier molecular flexibility index (Phi) is 4.15. The van der Waals surface area contributed by atoms with E-state index in [1.165, 1.54) is 11.4 Å². The van der Waals surface area contributed by atoms with Crippen LogP contribution in [0.4, 0.5) is 0 Å². The van der Waals surface area contributed by atoms with Crippen molar-refractivity contribution in [3.05, 3.63) is 35.9 Å². The normalized spacial score (nSPS) is 12.8. The highest BCUT2D eigenvalue weighted by molar-refractivity contribution is 5.03. The van der Waals surface area contributed by atoms with Gasteiger partial charge in [-0.15, -0.1) is 0 Å². The van der Waals surface area contributed by atoms with Crippen LogP contribution >= 0.6 is 0 Å². The van der Waals surface area contributed by atoms with Crippen LogP contribution in [0.25, 0.3) is 0 Å². The third kappa shape index (κ3) is 2.79. The van der Waals surface area contributed by atoms with Crippen molar-refractivity contribution >= 4 is 0 Å². The molecular weight excluding hydrogens is 226 g/mol. The summed E-state index contributed by atoms with van der Waals surface area (Å²) >= 11 is 0. The van der Waals surface area contributed by atoms with Crippen LogP contribution in [0.3, 0.4) is 0 Å². The van der Waals surface area contributed by atoms with Gasteiger partial charge in [-0.25, -0.2) is 0 Å². The summed E-state index contributed by atoms with van der Waals surface area (Å²) in [4.78, 5) is 0. The van der Waals surface area contributed by atoms with Gasteiger partial charge < -0.3 is 5.32 Å². The molecule has 1 unspecified atom stereocenters. The first-order valence-corrected chi connectivity index (χ1v) is 6.42. The van der Waals surface area contributed by atoms with Gasteiger partial charge in [0.15, 0.2) is 0 Å². The van der Waals surface area contributed by atoms with E-state index in [0.29, 0.717) is 6.04 Å². The molecule has 0 aromatic carbocycles. The van der Waals surface area contributed by atoms with Crippen molar-refractivity contribution < 1.29 is 0 Å². The van der Waals surface area contributed by atoms with Crippen molar-refractivity contribution in [1.82, 2.24) is 24.9 Å². The Hall–Kier alpha value is -1.62. The van der Waals surface area contributed by atoms with Gasteiger partial charge in [-0.1, -0.05) is 6.92 Å². The maximum atomic E-state index is 4.38. The molecule has 0 aliphatic rings. The molecule has 0 aliphatic heterocycles. The fourth-order valence-electron chi connectivity index (χ4n) is 1.94. The maximum absolute atomic E-state index is 4.38. The van der Waals surface area contributed by atoms with Gasteiger partial charge in [0, 0.05) is 38.6 Å². The minimum absolute atomic E-state index is 0.452. The summed E-state index contributed by atoms with van der Waals surface area (Å²) in [5.74, 6) is 0. The van der Waals surface area contributed by atoms with Crippen LogP contribution in [0, 0.1) is 0 Å². The average molecular weight is 247 g/mol. The molecule has 0 saturated heterocycles. The molecule has 0 amide bonds. The summed E-state index contributed by atoms with van der Waals surface area (Å²) in [5.41, 5.74) is 2.41. The first-order valence-electron chi connectivity index (χ1n) is 6.42. The molecule has 2 aromatic rings. The molecule has 0 fully saturated rings. The van der Waals surface area contributed by atoms with E-state index < -0.39 is 0 Å². The molecule has 2 rings (SSSR count). The number of aromatic nitrogens is 4. The van der Waals surface area contributed by atoms with Crippen molar-refractivity contribution in [1.29, 1.82) is 0 Å². The minimum Gasteiger partial charge on any atom is -0.306 e. The number of nitrogens with zero attached hydrogens (tertiary/aromatic N) is 4. The van der Waals surface area contributed by atoms with E-state index in [2.05, 4.69) is 40.1 Å². The van der Waals surface area contributed by atoms with Crippen LogP contribution in [0.15, 0.2) is 24.5 Å². The van der Waals surface area contributed by atoms with Gasteiger partial charge in [0.1, 0.15) is 0 Å². The zero-order chi connectivity index (χ0) is 13.0. The van der Waals surface area contributed by atoms with Crippen LogP contribution in [-0.4, -0.2) is 19.6 Å². The Labute approximate surface area is 108 Å². The smallest absolute Gasteiger partial charge is 0.0525 e. The van der Waals surface area contributed by atoms with E-state index in [1.807, 2.05) is 30.2 Å². The predicted octanol–water partition coefficient (Wildman–Crippen LogP) is 1.88. The van der Waals surface area contributed by atoms with Gasteiger partial charge >= 0.3 is 0 Å². The second kappa shape index (κ2) is 5.82. The SMILES string of the molecule is CCC(C)n1nccc1CNCc1ccnn1C. The lowest BCUT2D eigenvalue weighted by Gasteiger charge is -2.14. The van der Waals surface area contributed by atoms with Gasteiger partial charge in [0.2, 0.25) is 0 Å². The zero-order valence-electron chi connectivity index (χ0n) is 11.3. The standard InChI is InChI=1S/C13H21N5/c1-4-11(2)18-13(6-8-16-18)10-14-9-12-5-7-15-17(12)3/h5-8,11,14H,4,9-10H2,1-3H3.